The maximum absolute atomic E-state index is 8.74. The van der Waals surface area contributed by atoms with Crippen LogP contribution in [0.4, 0.5) is 0 Å². The molecule has 2 rings (SSSR count). The van der Waals surface area contributed by atoms with E-state index in [4.69, 9.17) is 15.6 Å². The molecule has 1 aromatic carbocycles. The van der Waals surface area contributed by atoms with Crippen molar-refractivity contribution < 1.29 is 9.84 Å². The third kappa shape index (κ3) is 2.84. The molecule has 3 nitrogen and oxygen atoms in total. The van der Waals surface area contributed by atoms with Crippen molar-refractivity contribution in [1.29, 1.82) is 0 Å². The van der Waals surface area contributed by atoms with Crippen molar-refractivity contribution in [3.05, 3.63) is 35.2 Å². The first-order chi connectivity index (χ1) is 8.36. The lowest BCUT2D eigenvalue weighted by Gasteiger charge is -2.15. The summed E-state index contributed by atoms with van der Waals surface area (Å²) >= 11 is 1.71. The maximum Gasteiger partial charge on any atom is 0.0961 e. The average Bonchev–Trinajstić information content (AvgIpc) is 2.79. The first-order valence-electron chi connectivity index (χ1n) is 5.75. The summed E-state index contributed by atoms with van der Waals surface area (Å²) in [6.07, 6.45) is 0.580. The second-order valence-corrected chi connectivity index (χ2v) is 4.77. The topological polar surface area (TPSA) is 55.5 Å². The number of aliphatic hydroxyl groups excluding tert-OH is 1. The Kier molecular flexibility index (Phi) is 4.50. The Morgan fingerprint density at radius 1 is 1.35 bits per heavy atom. The fourth-order valence-corrected chi connectivity index (χ4v) is 2.83. The fraction of sp³-hybridized carbons (Fsp3) is 0.385. The van der Waals surface area contributed by atoms with Gasteiger partial charge in [0.15, 0.2) is 0 Å². The number of rotatable bonds is 6. The number of nitrogens with two attached hydrogens (primary N) is 1. The lowest BCUT2D eigenvalue weighted by atomic mass is 10.1. The van der Waals surface area contributed by atoms with E-state index in [1.54, 1.807) is 11.3 Å². The third-order valence-corrected chi connectivity index (χ3v) is 3.68. The molecular weight excluding hydrogens is 234 g/mol. The Morgan fingerprint density at radius 2 is 2.18 bits per heavy atom. The van der Waals surface area contributed by atoms with E-state index in [0.29, 0.717) is 19.6 Å². The van der Waals surface area contributed by atoms with Gasteiger partial charge in [0.25, 0.3) is 0 Å². The van der Waals surface area contributed by atoms with Crippen LogP contribution in [0.5, 0.6) is 0 Å². The molecule has 0 aliphatic carbocycles. The first-order valence-corrected chi connectivity index (χ1v) is 6.63. The van der Waals surface area contributed by atoms with Gasteiger partial charge >= 0.3 is 0 Å². The highest BCUT2D eigenvalue weighted by Crippen LogP contribution is 2.31. The van der Waals surface area contributed by atoms with Crippen molar-refractivity contribution in [2.45, 2.75) is 12.5 Å². The van der Waals surface area contributed by atoms with Gasteiger partial charge in [0.05, 0.1) is 6.10 Å². The minimum atomic E-state index is -0.0716. The molecule has 0 fully saturated rings. The largest absolute Gasteiger partial charge is 0.396 e. The summed E-state index contributed by atoms with van der Waals surface area (Å²) in [5.74, 6) is 0. The molecule has 0 saturated carbocycles. The summed E-state index contributed by atoms with van der Waals surface area (Å²) in [5.41, 5.74) is 6.91. The van der Waals surface area contributed by atoms with Gasteiger partial charge in [-0.1, -0.05) is 18.2 Å². The van der Waals surface area contributed by atoms with Crippen LogP contribution in [-0.4, -0.2) is 24.9 Å². The Hall–Kier alpha value is -0.940. The van der Waals surface area contributed by atoms with Gasteiger partial charge in [-0.25, -0.2) is 0 Å². The van der Waals surface area contributed by atoms with Crippen molar-refractivity contribution in [3.63, 3.8) is 0 Å². The molecule has 2 aromatic rings. The van der Waals surface area contributed by atoms with Crippen molar-refractivity contribution in [2.75, 3.05) is 19.8 Å². The third-order valence-electron chi connectivity index (χ3n) is 2.69. The van der Waals surface area contributed by atoms with E-state index < -0.39 is 0 Å². The van der Waals surface area contributed by atoms with Gasteiger partial charge in [-0.05, 0) is 23.3 Å². The maximum atomic E-state index is 8.74. The van der Waals surface area contributed by atoms with Gasteiger partial charge in [0.2, 0.25) is 0 Å². The SMILES string of the molecule is NCC(OCCCO)c1csc2ccccc12. The Morgan fingerprint density at radius 3 is 2.94 bits per heavy atom. The van der Waals surface area contributed by atoms with Gasteiger partial charge in [-0.3, -0.25) is 0 Å². The number of benzene rings is 1. The van der Waals surface area contributed by atoms with Crippen LogP contribution in [0.2, 0.25) is 0 Å². The number of hydrogen-bond acceptors (Lipinski definition) is 4. The smallest absolute Gasteiger partial charge is 0.0961 e. The second kappa shape index (κ2) is 6.12. The average molecular weight is 251 g/mol. The molecule has 0 amide bonds. The van der Waals surface area contributed by atoms with Crippen molar-refractivity contribution >= 4 is 21.4 Å². The lowest BCUT2D eigenvalue weighted by Crippen LogP contribution is -2.16. The zero-order chi connectivity index (χ0) is 12.1. The molecule has 0 radical (unpaired) electrons. The van der Waals surface area contributed by atoms with Gasteiger partial charge in [-0.2, -0.15) is 0 Å². The number of ether oxygens (including phenoxy) is 1. The summed E-state index contributed by atoms with van der Waals surface area (Å²) in [7, 11) is 0. The highest BCUT2D eigenvalue weighted by Gasteiger charge is 2.14. The zero-order valence-corrected chi connectivity index (χ0v) is 10.5. The Bertz CT molecular complexity index is 469. The molecule has 92 valence electrons. The molecule has 4 heteroatoms. The molecular formula is C13H17NO2S. The summed E-state index contributed by atoms with van der Waals surface area (Å²) in [6.45, 7) is 1.16. The van der Waals surface area contributed by atoms with Crippen LogP contribution in [-0.2, 0) is 4.74 Å². The number of hydrogen-bond donors (Lipinski definition) is 2. The molecule has 0 bridgehead atoms. The summed E-state index contributed by atoms with van der Waals surface area (Å²) < 4.78 is 6.96. The van der Waals surface area contributed by atoms with Crippen LogP contribution in [0.3, 0.4) is 0 Å². The molecule has 0 saturated heterocycles. The van der Waals surface area contributed by atoms with Gasteiger partial charge in [0, 0.05) is 30.0 Å². The minimum Gasteiger partial charge on any atom is -0.396 e. The summed E-state index contributed by atoms with van der Waals surface area (Å²) in [6, 6.07) is 8.26. The molecule has 1 aromatic heterocycles. The standard InChI is InChI=1S/C13H17NO2S/c14-8-12(16-7-3-6-15)11-9-17-13-5-2-1-4-10(11)13/h1-2,4-5,9,12,15H,3,6-8,14H2. The second-order valence-electron chi connectivity index (χ2n) is 3.86. The monoisotopic (exact) mass is 251 g/mol. The van der Waals surface area contributed by atoms with Crippen LogP contribution >= 0.6 is 11.3 Å². The molecule has 1 heterocycles. The molecule has 0 aliphatic rings. The van der Waals surface area contributed by atoms with Crippen molar-refractivity contribution in [2.24, 2.45) is 5.73 Å². The predicted octanol–water partition coefficient (Wildman–Crippen LogP) is 2.30. The van der Waals surface area contributed by atoms with Crippen LogP contribution in [0.1, 0.15) is 18.1 Å². The van der Waals surface area contributed by atoms with Crippen molar-refractivity contribution in [1.82, 2.24) is 0 Å². The molecule has 0 spiro atoms. The molecule has 1 unspecified atom stereocenters. The normalized spacial score (nSPS) is 13.1. The number of thiophene rings is 1. The van der Waals surface area contributed by atoms with E-state index in [2.05, 4.69) is 17.5 Å². The van der Waals surface area contributed by atoms with Gasteiger partial charge in [-0.15, -0.1) is 11.3 Å². The highest BCUT2D eigenvalue weighted by molar-refractivity contribution is 7.17. The molecule has 17 heavy (non-hydrogen) atoms. The highest BCUT2D eigenvalue weighted by atomic mass is 32.1. The van der Waals surface area contributed by atoms with Crippen LogP contribution in [0.25, 0.3) is 10.1 Å². The van der Waals surface area contributed by atoms with Crippen LogP contribution < -0.4 is 5.73 Å². The van der Waals surface area contributed by atoms with E-state index in [9.17, 15) is 0 Å². The Labute approximate surface area is 105 Å². The van der Waals surface area contributed by atoms with Gasteiger partial charge < -0.3 is 15.6 Å². The zero-order valence-electron chi connectivity index (χ0n) is 9.63. The van der Waals surface area contributed by atoms with E-state index in [1.807, 2.05) is 12.1 Å². The van der Waals surface area contributed by atoms with E-state index in [0.717, 1.165) is 5.56 Å². The molecule has 1 atom stereocenters. The summed E-state index contributed by atoms with van der Waals surface area (Å²) in [5, 5.41) is 12.1. The number of fused-ring (bicyclic) bond motifs is 1. The first kappa shape index (κ1) is 12.5. The quantitative estimate of drug-likeness (QED) is 0.775. The van der Waals surface area contributed by atoms with E-state index in [-0.39, 0.29) is 12.7 Å². The van der Waals surface area contributed by atoms with E-state index >= 15 is 0 Å². The lowest BCUT2D eigenvalue weighted by molar-refractivity contribution is 0.0499. The number of aliphatic hydroxyl groups is 1. The predicted molar refractivity (Wildman–Crippen MR) is 71.3 cm³/mol. The van der Waals surface area contributed by atoms with Gasteiger partial charge in [0.1, 0.15) is 0 Å². The summed E-state index contributed by atoms with van der Waals surface area (Å²) in [4.78, 5) is 0. The fourth-order valence-electron chi connectivity index (χ4n) is 1.82. The molecule has 0 aliphatic heterocycles. The Balaban J connectivity index is 2.18. The molecule has 3 N–H and O–H groups in total. The van der Waals surface area contributed by atoms with Crippen molar-refractivity contribution in [3.8, 4) is 0 Å². The van der Waals surface area contributed by atoms with Crippen LogP contribution in [0.15, 0.2) is 29.6 Å². The van der Waals surface area contributed by atoms with E-state index in [1.165, 1.54) is 10.1 Å². The van der Waals surface area contributed by atoms with Crippen LogP contribution in [0, 0.1) is 0 Å². The minimum absolute atomic E-state index is 0.0716.